The number of likely N-dealkylation sites (tertiary alicyclic amines) is 1. The van der Waals surface area contributed by atoms with Gasteiger partial charge in [-0.3, -0.25) is 24.4 Å². The Labute approximate surface area is 242 Å². The molecule has 2 amide bonds. The second-order valence-corrected chi connectivity index (χ2v) is 11.5. The lowest BCUT2D eigenvalue weighted by Gasteiger charge is -2.58. The fraction of sp³-hybridized carbons (Fsp3) is 0.367. The molecule has 6 rings (SSSR count). The number of halogens is 1. The number of pyridine rings is 1. The van der Waals surface area contributed by atoms with Crippen LogP contribution in [0.1, 0.15) is 40.6 Å². The molecule has 1 aromatic carbocycles. The molecular weight excluding hydrogens is 542 g/mol. The fourth-order valence-corrected chi connectivity index (χ4v) is 6.52. The molecule has 1 saturated heterocycles. The van der Waals surface area contributed by atoms with E-state index in [9.17, 15) is 9.59 Å². The van der Waals surface area contributed by atoms with Crippen molar-refractivity contribution in [1.82, 2.24) is 35.2 Å². The van der Waals surface area contributed by atoms with Crippen molar-refractivity contribution < 1.29 is 14.3 Å². The van der Waals surface area contributed by atoms with E-state index in [1.54, 1.807) is 25.6 Å². The molecule has 2 N–H and O–H groups in total. The number of nitrogens with zero attached hydrogens (tertiary/aromatic N) is 5. The van der Waals surface area contributed by atoms with Crippen LogP contribution in [0.15, 0.2) is 43.2 Å². The van der Waals surface area contributed by atoms with Crippen LogP contribution in [0, 0.1) is 19.3 Å². The first-order valence-electron chi connectivity index (χ1n) is 13.6. The lowest BCUT2D eigenvalue weighted by molar-refractivity contribution is -0.149. The van der Waals surface area contributed by atoms with Crippen molar-refractivity contribution in [3.8, 4) is 22.4 Å². The first-order valence-corrected chi connectivity index (χ1v) is 14.0. The van der Waals surface area contributed by atoms with Crippen molar-refractivity contribution in [1.29, 1.82) is 0 Å². The van der Waals surface area contributed by atoms with Crippen LogP contribution in [0.2, 0.25) is 5.02 Å². The summed E-state index contributed by atoms with van der Waals surface area (Å²) in [6.45, 7) is 10.00. The van der Waals surface area contributed by atoms with E-state index in [1.807, 2.05) is 24.0 Å². The van der Waals surface area contributed by atoms with E-state index >= 15 is 0 Å². The van der Waals surface area contributed by atoms with Crippen LogP contribution >= 0.6 is 11.6 Å². The molecule has 1 aliphatic heterocycles. The van der Waals surface area contributed by atoms with Crippen molar-refractivity contribution in [2.45, 2.75) is 32.7 Å². The number of fused-ring (bicyclic) bond motifs is 1. The Morgan fingerprint density at radius 3 is 2.71 bits per heavy atom. The smallest absolute Gasteiger partial charge is 0.269 e. The maximum absolute atomic E-state index is 12.5. The van der Waals surface area contributed by atoms with E-state index < -0.39 is 0 Å². The summed E-state index contributed by atoms with van der Waals surface area (Å²) < 4.78 is 7.11. The molecule has 2 fully saturated rings. The third-order valence-corrected chi connectivity index (χ3v) is 8.84. The Morgan fingerprint density at radius 1 is 1.24 bits per heavy atom. The lowest BCUT2D eigenvalue weighted by Crippen LogP contribution is -2.63. The average Bonchev–Trinajstić information content (AvgIpc) is 3.52. The van der Waals surface area contributed by atoms with Gasteiger partial charge in [0.25, 0.3) is 5.91 Å². The van der Waals surface area contributed by atoms with Crippen LogP contribution < -0.4 is 5.32 Å². The number of rotatable bonds is 8. The summed E-state index contributed by atoms with van der Waals surface area (Å²) in [6.07, 6.45) is 6.74. The Kier molecular flexibility index (Phi) is 6.91. The number of hydrogen-bond acceptors (Lipinski definition) is 6. The van der Waals surface area contributed by atoms with E-state index in [0.29, 0.717) is 23.9 Å². The Balaban J connectivity index is 1.38. The van der Waals surface area contributed by atoms with Gasteiger partial charge < -0.3 is 15.0 Å². The predicted octanol–water partition coefficient (Wildman–Crippen LogP) is 4.48. The van der Waals surface area contributed by atoms with Gasteiger partial charge in [-0.05, 0) is 56.5 Å². The van der Waals surface area contributed by atoms with Gasteiger partial charge in [0.1, 0.15) is 11.4 Å². The molecule has 4 heterocycles. The quantitative estimate of drug-likeness (QED) is 0.237. The molecule has 1 spiro atoms. The molecule has 0 radical (unpaired) electrons. The maximum atomic E-state index is 12.5. The van der Waals surface area contributed by atoms with Crippen LogP contribution in [-0.4, -0.2) is 75.0 Å². The highest BCUT2D eigenvalue weighted by molar-refractivity contribution is 6.36. The molecule has 212 valence electrons. The number of carbonyl (C=O) groups excluding carboxylic acids is 2. The van der Waals surface area contributed by atoms with Crippen molar-refractivity contribution in [2.75, 3.05) is 33.4 Å². The van der Waals surface area contributed by atoms with Crippen molar-refractivity contribution in [2.24, 2.45) is 5.41 Å². The number of nitrogens with one attached hydrogen (secondary N) is 2. The van der Waals surface area contributed by atoms with Gasteiger partial charge in [0, 0.05) is 66.1 Å². The first-order chi connectivity index (χ1) is 19.7. The SMILES string of the molecule is C=CC(=O)N1CC2(CC(n3nc(-c4ccc(C(=O)NCCOC)nc4)c(-c4c(Cl)c(C)cc5[nH]ncc45)c3C)C2)C1. The topological polar surface area (TPSA) is 118 Å². The highest BCUT2D eigenvalue weighted by Gasteiger charge is 2.54. The molecular formula is C30H32ClN7O3. The molecule has 1 saturated carbocycles. The van der Waals surface area contributed by atoms with Gasteiger partial charge >= 0.3 is 0 Å². The molecule has 0 atom stereocenters. The predicted molar refractivity (Wildman–Crippen MR) is 157 cm³/mol. The molecule has 4 aromatic rings. The number of aromatic nitrogens is 5. The molecule has 41 heavy (non-hydrogen) atoms. The standard InChI is InChI=1S/C30H32ClN7O3/c1-5-24(39)37-15-30(16-37)11-20(12-30)38-18(3)25(26-21-14-34-35-23(21)10-17(2)27(26)31)28(36-38)19-6-7-22(33-13-19)29(40)32-8-9-41-4/h5-7,10,13-14,20H,1,8-9,11-12,15-16H2,2-4H3,(H,32,40)(H,34,35). The number of hydrogen-bond donors (Lipinski definition) is 2. The van der Waals surface area contributed by atoms with Crippen LogP contribution in [-0.2, 0) is 9.53 Å². The van der Waals surface area contributed by atoms with Gasteiger partial charge in [0.05, 0.1) is 29.4 Å². The molecule has 0 bridgehead atoms. The van der Waals surface area contributed by atoms with Gasteiger partial charge in [-0.15, -0.1) is 0 Å². The molecule has 3 aromatic heterocycles. The maximum Gasteiger partial charge on any atom is 0.269 e. The molecule has 0 unspecified atom stereocenters. The Bertz CT molecular complexity index is 1660. The monoisotopic (exact) mass is 573 g/mol. The van der Waals surface area contributed by atoms with Gasteiger partial charge in [0.2, 0.25) is 5.91 Å². The summed E-state index contributed by atoms with van der Waals surface area (Å²) in [6, 6.07) is 5.77. The number of methoxy groups -OCH3 is 1. The van der Waals surface area contributed by atoms with Crippen LogP contribution in [0.4, 0.5) is 0 Å². The summed E-state index contributed by atoms with van der Waals surface area (Å²) in [4.78, 5) is 30.8. The summed E-state index contributed by atoms with van der Waals surface area (Å²) in [5.41, 5.74) is 6.59. The molecule has 10 nitrogen and oxygen atoms in total. The van der Waals surface area contributed by atoms with Crippen LogP contribution in [0.25, 0.3) is 33.3 Å². The van der Waals surface area contributed by atoms with E-state index in [-0.39, 0.29) is 23.3 Å². The first kappa shape index (κ1) is 27.2. The van der Waals surface area contributed by atoms with Crippen LogP contribution in [0.5, 0.6) is 0 Å². The van der Waals surface area contributed by atoms with E-state index in [0.717, 1.165) is 70.5 Å². The van der Waals surface area contributed by atoms with Crippen molar-refractivity contribution in [3.05, 3.63) is 65.2 Å². The third-order valence-electron chi connectivity index (χ3n) is 8.35. The lowest BCUT2D eigenvalue weighted by atomic mass is 9.60. The van der Waals surface area contributed by atoms with Gasteiger partial charge in [-0.25, -0.2) is 0 Å². The fourth-order valence-electron chi connectivity index (χ4n) is 6.27. The second-order valence-electron chi connectivity index (χ2n) is 11.1. The highest BCUT2D eigenvalue weighted by Crippen LogP contribution is 2.55. The number of benzene rings is 1. The number of amides is 2. The number of carbonyl (C=O) groups is 2. The van der Waals surface area contributed by atoms with Crippen LogP contribution in [0.3, 0.4) is 0 Å². The zero-order valence-electron chi connectivity index (χ0n) is 23.3. The molecule has 1 aliphatic carbocycles. The minimum absolute atomic E-state index is 0.0135. The summed E-state index contributed by atoms with van der Waals surface area (Å²) in [5, 5.41) is 16.9. The number of H-pyrrole nitrogens is 1. The summed E-state index contributed by atoms with van der Waals surface area (Å²) in [5.74, 6) is -0.276. The molecule has 2 aliphatic rings. The minimum Gasteiger partial charge on any atom is -0.383 e. The van der Waals surface area contributed by atoms with E-state index in [1.165, 1.54) is 6.08 Å². The minimum atomic E-state index is -0.262. The Hall–Kier alpha value is -4.02. The van der Waals surface area contributed by atoms with Gasteiger partial charge in [-0.2, -0.15) is 10.2 Å². The number of aromatic amines is 1. The van der Waals surface area contributed by atoms with E-state index in [2.05, 4.69) is 38.7 Å². The molecule has 11 heteroatoms. The Morgan fingerprint density at radius 2 is 2.02 bits per heavy atom. The van der Waals surface area contributed by atoms with Crippen molar-refractivity contribution in [3.63, 3.8) is 0 Å². The summed E-state index contributed by atoms with van der Waals surface area (Å²) in [7, 11) is 1.59. The zero-order valence-corrected chi connectivity index (χ0v) is 24.1. The average molecular weight is 574 g/mol. The van der Waals surface area contributed by atoms with E-state index in [4.69, 9.17) is 21.4 Å². The zero-order chi connectivity index (χ0) is 28.9. The normalized spacial score (nSPS) is 16.0. The highest BCUT2D eigenvalue weighted by atomic mass is 35.5. The largest absolute Gasteiger partial charge is 0.383 e. The van der Waals surface area contributed by atoms with Gasteiger partial charge in [-0.1, -0.05) is 18.2 Å². The third kappa shape index (κ3) is 4.61. The van der Waals surface area contributed by atoms with Crippen molar-refractivity contribution >= 4 is 34.3 Å². The summed E-state index contributed by atoms with van der Waals surface area (Å²) >= 11 is 6.99. The number of aryl methyl sites for hydroxylation is 1. The van der Waals surface area contributed by atoms with Gasteiger partial charge in [0.15, 0.2) is 0 Å². The number of ether oxygens (including phenoxy) is 1. The second kappa shape index (κ2) is 10.4.